The molecular formula is C19H19N3O4S. The van der Waals surface area contributed by atoms with Crippen LogP contribution in [0.4, 0.5) is 10.5 Å². The molecule has 0 fully saturated rings. The molecule has 1 aromatic heterocycles. The third kappa shape index (κ3) is 3.00. The molecule has 0 saturated carbocycles. The zero-order valence-corrected chi connectivity index (χ0v) is 15.9. The minimum Gasteiger partial charge on any atom is -0.372 e. The van der Waals surface area contributed by atoms with Gasteiger partial charge in [0.1, 0.15) is 12.4 Å². The maximum Gasteiger partial charge on any atom is 0.347 e. The van der Waals surface area contributed by atoms with Crippen LogP contribution in [0, 0.1) is 6.92 Å². The molecule has 4 rings (SSSR count). The van der Waals surface area contributed by atoms with Gasteiger partial charge in [-0.1, -0.05) is 17.7 Å². The SMILES string of the molecule is Cc1ccc(S(=O)(=O)C(=O)N(C)c2ccc3c(c2)nc2n3CCOC2)cc1. The predicted molar refractivity (Wildman–Crippen MR) is 102 cm³/mol. The Bertz CT molecular complexity index is 1130. The number of nitrogens with zero attached hydrogens (tertiary/aromatic N) is 3. The monoisotopic (exact) mass is 385 g/mol. The van der Waals surface area contributed by atoms with E-state index >= 15 is 0 Å². The highest BCUT2D eigenvalue weighted by atomic mass is 32.2. The van der Waals surface area contributed by atoms with Crippen LogP contribution in [0.1, 0.15) is 11.4 Å². The molecule has 27 heavy (non-hydrogen) atoms. The number of benzene rings is 2. The van der Waals surface area contributed by atoms with E-state index in [1.807, 2.05) is 13.0 Å². The van der Waals surface area contributed by atoms with Crippen LogP contribution in [0.25, 0.3) is 11.0 Å². The Balaban J connectivity index is 1.68. The summed E-state index contributed by atoms with van der Waals surface area (Å²) in [5.41, 5.74) is 3.05. The van der Waals surface area contributed by atoms with Crippen LogP contribution < -0.4 is 4.90 Å². The lowest BCUT2D eigenvalue weighted by Gasteiger charge is -2.18. The average Bonchev–Trinajstić information content (AvgIpc) is 3.05. The van der Waals surface area contributed by atoms with Crippen molar-refractivity contribution < 1.29 is 17.9 Å². The van der Waals surface area contributed by atoms with Crippen LogP contribution in [0.5, 0.6) is 0 Å². The molecule has 1 aliphatic heterocycles. The molecule has 1 aliphatic rings. The van der Waals surface area contributed by atoms with Crippen LogP contribution in [0.2, 0.25) is 0 Å². The third-order valence-electron chi connectivity index (χ3n) is 4.72. The van der Waals surface area contributed by atoms with Crippen molar-refractivity contribution in [2.24, 2.45) is 0 Å². The molecule has 0 bridgehead atoms. The van der Waals surface area contributed by atoms with Crippen molar-refractivity contribution in [2.45, 2.75) is 25.0 Å². The molecule has 2 aromatic carbocycles. The van der Waals surface area contributed by atoms with Crippen molar-refractivity contribution in [3.8, 4) is 0 Å². The van der Waals surface area contributed by atoms with Gasteiger partial charge in [-0.25, -0.2) is 13.4 Å². The van der Waals surface area contributed by atoms with Crippen LogP contribution in [0.15, 0.2) is 47.4 Å². The second-order valence-electron chi connectivity index (χ2n) is 6.55. The lowest BCUT2D eigenvalue weighted by atomic mass is 10.2. The van der Waals surface area contributed by atoms with Gasteiger partial charge in [0.2, 0.25) is 0 Å². The second-order valence-corrected chi connectivity index (χ2v) is 8.37. The number of hydrogen-bond donors (Lipinski definition) is 0. The zero-order chi connectivity index (χ0) is 19.2. The van der Waals surface area contributed by atoms with E-state index in [2.05, 4.69) is 9.55 Å². The number of anilines is 1. The van der Waals surface area contributed by atoms with Gasteiger partial charge in [0.05, 0.1) is 22.5 Å². The number of rotatable bonds is 2. The quantitative estimate of drug-likeness (QED) is 0.677. The predicted octanol–water partition coefficient (Wildman–Crippen LogP) is 2.91. The van der Waals surface area contributed by atoms with Gasteiger partial charge in [-0.3, -0.25) is 4.79 Å². The van der Waals surface area contributed by atoms with E-state index in [9.17, 15) is 13.2 Å². The summed E-state index contributed by atoms with van der Waals surface area (Å²) in [6, 6.07) is 11.5. The Morgan fingerprint density at radius 1 is 1.19 bits per heavy atom. The van der Waals surface area contributed by atoms with E-state index in [0.717, 1.165) is 28.3 Å². The largest absolute Gasteiger partial charge is 0.372 e. The van der Waals surface area contributed by atoms with Gasteiger partial charge in [-0.2, -0.15) is 0 Å². The summed E-state index contributed by atoms with van der Waals surface area (Å²) in [6.45, 7) is 3.66. The van der Waals surface area contributed by atoms with Crippen molar-refractivity contribution in [3.63, 3.8) is 0 Å². The topological polar surface area (TPSA) is 81.5 Å². The molecule has 7 nitrogen and oxygen atoms in total. The number of carbonyl (C=O) groups is 1. The summed E-state index contributed by atoms with van der Waals surface area (Å²) in [5.74, 6) is 0.828. The second kappa shape index (κ2) is 6.47. The number of hydrogen-bond acceptors (Lipinski definition) is 5. The van der Waals surface area contributed by atoms with E-state index in [4.69, 9.17) is 4.74 Å². The molecule has 0 N–H and O–H groups in total. The van der Waals surface area contributed by atoms with Gasteiger partial charge in [0.25, 0.3) is 9.84 Å². The number of sulfone groups is 1. The molecule has 0 atom stereocenters. The lowest BCUT2D eigenvalue weighted by Crippen LogP contribution is -2.31. The standard InChI is InChI=1S/C19H19N3O4S/c1-13-3-6-15(7-4-13)27(24,25)19(23)21(2)14-5-8-17-16(11-14)20-18-12-26-10-9-22(17)18/h3-8,11H,9-10,12H2,1-2H3. The summed E-state index contributed by atoms with van der Waals surface area (Å²) in [6.07, 6.45) is 0. The zero-order valence-electron chi connectivity index (χ0n) is 15.0. The fourth-order valence-electron chi connectivity index (χ4n) is 3.16. The highest BCUT2D eigenvalue weighted by molar-refractivity contribution is 8.06. The number of aryl methyl sites for hydroxylation is 1. The van der Waals surface area contributed by atoms with Crippen molar-refractivity contribution in [2.75, 3.05) is 18.6 Å². The first kappa shape index (κ1) is 17.7. The summed E-state index contributed by atoms with van der Waals surface area (Å²) in [5, 5.41) is -0.974. The number of imidazole rings is 1. The van der Waals surface area contributed by atoms with Crippen molar-refractivity contribution in [1.82, 2.24) is 9.55 Å². The smallest absolute Gasteiger partial charge is 0.347 e. The van der Waals surface area contributed by atoms with Gasteiger partial charge < -0.3 is 14.2 Å². The van der Waals surface area contributed by atoms with Crippen LogP contribution >= 0.6 is 0 Å². The number of amides is 1. The molecule has 1 amide bonds. The third-order valence-corrected chi connectivity index (χ3v) is 6.35. The van der Waals surface area contributed by atoms with E-state index in [1.165, 1.54) is 19.2 Å². The number of carbonyl (C=O) groups excluding carboxylic acids is 1. The molecule has 2 heterocycles. The van der Waals surface area contributed by atoms with Crippen LogP contribution in [0.3, 0.4) is 0 Å². The highest BCUT2D eigenvalue weighted by Crippen LogP contribution is 2.26. The summed E-state index contributed by atoms with van der Waals surface area (Å²) in [4.78, 5) is 18.3. The maximum atomic E-state index is 12.7. The number of fused-ring (bicyclic) bond motifs is 3. The molecule has 0 radical (unpaired) electrons. The van der Waals surface area contributed by atoms with Gasteiger partial charge in [-0.05, 0) is 37.3 Å². The van der Waals surface area contributed by atoms with Crippen molar-refractivity contribution >= 4 is 31.8 Å². The molecule has 8 heteroatoms. The molecule has 0 aliphatic carbocycles. The lowest BCUT2D eigenvalue weighted by molar-refractivity contribution is 0.0830. The Morgan fingerprint density at radius 2 is 1.93 bits per heavy atom. The van der Waals surface area contributed by atoms with Crippen LogP contribution in [-0.2, 0) is 27.7 Å². The Morgan fingerprint density at radius 3 is 2.67 bits per heavy atom. The van der Waals surface area contributed by atoms with Gasteiger partial charge in [0, 0.05) is 19.3 Å². The van der Waals surface area contributed by atoms with Gasteiger partial charge in [-0.15, -0.1) is 0 Å². The molecular weight excluding hydrogens is 366 g/mol. The number of ether oxygens (including phenoxy) is 1. The molecule has 0 unspecified atom stereocenters. The number of aromatic nitrogens is 2. The van der Waals surface area contributed by atoms with Crippen molar-refractivity contribution in [1.29, 1.82) is 0 Å². The highest BCUT2D eigenvalue weighted by Gasteiger charge is 2.29. The van der Waals surface area contributed by atoms with E-state index < -0.39 is 15.1 Å². The van der Waals surface area contributed by atoms with E-state index in [0.29, 0.717) is 24.4 Å². The first-order valence-corrected chi connectivity index (χ1v) is 10.0. The van der Waals surface area contributed by atoms with Gasteiger partial charge in [0.15, 0.2) is 0 Å². The minimum atomic E-state index is -4.12. The van der Waals surface area contributed by atoms with Crippen LogP contribution in [-0.4, -0.2) is 36.9 Å². The normalized spacial score (nSPS) is 14.1. The summed E-state index contributed by atoms with van der Waals surface area (Å²) >= 11 is 0. The maximum absolute atomic E-state index is 12.7. The minimum absolute atomic E-state index is 0.0133. The molecule has 0 saturated heterocycles. The molecule has 3 aromatic rings. The molecule has 140 valence electrons. The fraction of sp³-hybridized carbons (Fsp3) is 0.263. The van der Waals surface area contributed by atoms with Gasteiger partial charge >= 0.3 is 5.24 Å². The fourth-order valence-corrected chi connectivity index (χ4v) is 4.32. The summed E-state index contributed by atoms with van der Waals surface area (Å²) < 4.78 is 32.8. The van der Waals surface area contributed by atoms with E-state index in [1.54, 1.807) is 24.3 Å². The molecule has 0 spiro atoms. The summed E-state index contributed by atoms with van der Waals surface area (Å²) in [7, 11) is -2.66. The Hall–Kier alpha value is -2.71. The Labute approximate surface area is 157 Å². The Kier molecular flexibility index (Phi) is 4.24. The first-order valence-electron chi connectivity index (χ1n) is 8.54. The van der Waals surface area contributed by atoms with Crippen molar-refractivity contribution in [3.05, 3.63) is 53.9 Å². The first-order chi connectivity index (χ1) is 12.9. The average molecular weight is 385 g/mol. The van der Waals surface area contributed by atoms with E-state index in [-0.39, 0.29) is 4.90 Å².